The molecular weight excluding hydrogens is 586 g/mol. The molecule has 0 aliphatic heterocycles. The van der Waals surface area contributed by atoms with Gasteiger partial charge in [0.15, 0.2) is 23.1 Å². The topological polar surface area (TPSA) is 104 Å². The summed E-state index contributed by atoms with van der Waals surface area (Å²) in [5.41, 5.74) is 2.50. The first kappa shape index (κ1) is 28.8. The third kappa shape index (κ3) is 5.57. The molecule has 0 aliphatic rings. The van der Waals surface area contributed by atoms with E-state index >= 15 is 0 Å². The second kappa shape index (κ2) is 11.8. The number of hydrogen-bond donors (Lipinski definition) is 0. The summed E-state index contributed by atoms with van der Waals surface area (Å²) in [5.74, 6) is -2.36. The van der Waals surface area contributed by atoms with E-state index in [0.717, 1.165) is 21.7 Å². The summed E-state index contributed by atoms with van der Waals surface area (Å²) >= 11 is 0. The number of pyridine rings is 1. The van der Waals surface area contributed by atoms with Crippen LogP contribution in [0.2, 0.25) is 0 Å². The van der Waals surface area contributed by atoms with Crippen molar-refractivity contribution in [1.82, 2.24) is 18.5 Å². The lowest BCUT2D eigenvalue weighted by molar-refractivity contribution is 0.0980. The predicted octanol–water partition coefficient (Wildman–Crippen LogP) is 5.64. The summed E-state index contributed by atoms with van der Waals surface area (Å²) in [5, 5.41) is 0. The summed E-state index contributed by atoms with van der Waals surface area (Å²) in [4.78, 5) is 35.0. The van der Waals surface area contributed by atoms with Gasteiger partial charge in [0, 0.05) is 36.8 Å². The van der Waals surface area contributed by atoms with E-state index in [1.54, 1.807) is 30.3 Å². The van der Waals surface area contributed by atoms with Crippen LogP contribution in [0.5, 0.6) is 0 Å². The van der Waals surface area contributed by atoms with Crippen molar-refractivity contribution in [3.8, 4) is 11.1 Å². The van der Waals surface area contributed by atoms with Gasteiger partial charge < -0.3 is 4.57 Å². The van der Waals surface area contributed by atoms with Gasteiger partial charge in [-0.3, -0.25) is 14.6 Å². The third-order valence-electron chi connectivity index (χ3n) is 7.23. The number of carbonyl (C=O) groups is 1. The van der Waals surface area contributed by atoms with Gasteiger partial charge in [-0.05, 0) is 59.5 Å². The number of carbonyl (C=O) groups excluding carboxylic acids is 1. The maximum atomic E-state index is 13.6. The lowest BCUT2D eigenvalue weighted by atomic mass is 10.00. The van der Waals surface area contributed by atoms with Gasteiger partial charge in [-0.2, -0.15) is 0 Å². The third-order valence-corrected chi connectivity index (χ3v) is 8.89. The molecule has 0 radical (unpaired) electrons. The number of hydrogen-bond acceptors (Lipinski definition) is 6. The summed E-state index contributed by atoms with van der Waals surface area (Å²) in [7, 11) is -3.94. The molecule has 0 spiro atoms. The van der Waals surface area contributed by atoms with Crippen LogP contribution in [0.15, 0.2) is 119 Å². The Morgan fingerprint density at radius 3 is 2.41 bits per heavy atom. The number of ketones is 1. The Morgan fingerprint density at radius 1 is 0.818 bits per heavy atom. The molecule has 3 aromatic heterocycles. The van der Waals surface area contributed by atoms with Gasteiger partial charge in [0.05, 0.1) is 17.0 Å². The summed E-state index contributed by atoms with van der Waals surface area (Å²) < 4.78 is 56.2. The van der Waals surface area contributed by atoms with Crippen molar-refractivity contribution in [2.45, 2.75) is 24.3 Å². The van der Waals surface area contributed by atoms with Crippen LogP contribution in [0.3, 0.4) is 0 Å². The molecule has 0 aliphatic carbocycles. The van der Waals surface area contributed by atoms with Crippen LogP contribution in [0.4, 0.5) is 8.78 Å². The number of halogens is 2. The number of benzene rings is 3. The molecule has 3 aromatic carbocycles. The van der Waals surface area contributed by atoms with E-state index in [0.29, 0.717) is 28.6 Å². The minimum Gasteiger partial charge on any atom is -0.310 e. The zero-order chi connectivity index (χ0) is 30.8. The molecule has 220 valence electrons. The first-order valence-electron chi connectivity index (χ1n) is 13.6. The van der Waals surface area contributed by atoms with Crippen molar-refractivity contribution in [3.63, 3.8) is 0 Å². The fourth-order valence-corrected chi connectivity index (χ4v) is 6.35. The molecule has 6 rings (SSSR count). The van der Waals surface area contributed by atoms with Crippen molar-refractivity contribution in [2.75, 3.05) is 0 Å². The van der Waals surface area contributed by atoms with Gasteiger partial charge in [-0.1, -0.05) is 48.5 Å². The largest absolute Gasteiger partial charge is 0.310 e. The van der Waals surface area contributed by atoms with E-state index in [-0.39, 0.29) is 34.9 Å². The maximum absolute atomic E-state index is 13.6. The van der Waals surface area contributed by atoms with Gasteiger partial charge in [0.1, 0.15) is 5.52 Å². The zero-order valence-electron chi connectivity index (χ0n) is 23.1. The molecular formula is C33H24F2N4O4S. The molecule has 0 amide bonds. The molecule has 3 heterocycles. The monoisotopic (exact) mass is 610 g/mol. The van der Waals surface area contributed by atoms with Crippen molar-refractivity contribution < 1.29 is 22.0 Å². The summed E-state index contributed by atoms with van der Waals surface area (Å²) in [6.07, 6.45) is 6.26. The number of aryl methyl sites for hydroxylation is 1. The minimum atomic E-state index is -3.94. The molecule has 0 N–H and O–H groups in total. The molecule has 8 nitrogen and oxygen atoms in total. The van der Waals surface area contributed by atoms with Crippen LogP contribution in [0.1, 0.15) is 27.9 Å². The molecule has 0 atom stereocenters. The van der Waals surface area contributed by atoms with E-state index in [4.69, 9.17) is 0 Å². The molecule has 0 saturated heterocycles. The highest BCUT2D eigenvalue weighted by Crippen LogP contribution is 2.31. The summed E-state index contributed by atoms with van der Waals surface area (Å²) in [6, 6.07) is 21.8. The Hall–Kier alpha value is -5.29. The molecule has 11 heteroatoms. The Balaban J connectivity index is 1.24. The summed E-state index contributed by atoms with van der Waals surface area (Å²) in [6.45, 7) is -0.0182. The number of nitrogens with zero attached hydrogens (tertiary/aromatic N) is 4. The van der Waals surface area contributed by atoms with E-state index in [1.165, 1.54) is 53.6 Å². The lowest BCUT2D eigenvalue weighted by Gasteiger charge is -2.09. The smallest absolute Gasteiger partial charge is 0.269 e. The average molecular weight is 611 g/mol. The Labute approximate surface area is 251 Å². The van der Waals surface area contributed by atoms with Crippen LogP contribution in [0, 0.1) is 11.6 Å². The molecule has 44 heavy (non-hydrogen) atoms. The quantitative estimate of drug-likeness (QED) is 0.196. The van der Waals surface area contributed by atoms with Gasteiger partial charge in [-0.15, -0.1) is 0 Å². The van der Waals surface area contributed by atoms with Crippen LogP contribution in [0.25, 0.3) is 22.3 Å². The standard InChI is InChI=1S/C33H24F2N4O4S/c34-28-13-11-23(19-29(28)35)20-38-17-5-10-26(33(38)41)30(40)14-12-22-6-4-7-24(18-22)27-21-39(32-31(27)36-15-16-37-32)44(42,43)25-8-2-1-3-9-25/h1-11,13,15-19,21H,12,14,20H2. The second-order valence-electron chi connectivity index (χ2n) is 10.1. The Morgan fingerprint density at radius 2 is 1.61 bits per heavy atom. The highest BCUT2D eigenvalue weighted by atomic mass is 32.2. The highest BCUT2D eigenvalue weighted by Gasteiger charge is 2.23. The van der Waals surface area contributed by atoms with Crippen molar-refractivity contribution in [1.29, 1.82) is 0 Å². The van der Waals surface area contributed by atoms with E-state index in [1.807, 2.05) is 18.2 Å². The SMILES string of the molecule is O=C(CCc1cccc(-c2cn(S(=O)(=O)c3ccccc3)c3nccnc23)c1)c1cccn(Cc2ccc(F)c(F)c2)c1=O. The Bertz CT molecular complexity index is 2200. The maximum Gasteiger partial charge on any atom is 0.269 e. The van der Waals surface area contributed by atoms with Gasteiger partial charge in [-0.25, -0.2) is 26.2 Å². The predicted molar refractivity (Wildman–Crippen MR) is 161 cm³/mol. The second-order valence-corrected chi connectivity index (χ2v) is 11.9. The first-order valence-corrected chi connectivity index (χ1v) is 15.0. The van der Waals surface area contributed by atoms with Crippen molar-refractivity contribution >= 4 is 27.0 Å². The lowest BCUT2D eigenvalue weighted by Crippen LogP contribution is -2.26. The molecule has 0 unspecified atom stereocenters. The van der Waals surface area contributed by atoms with Crippen molar-refractivity contribution in [2.24, 2.45) is 0 Å². The van der Waals surface area contributed by atoms with E-state index in [9.17, 15) is 26.8 Å². The molecule has 0 saturated carbocycles. The number of rotatable bonds is 9. The fraction of sp³-hybridized carbons (Fsp3) is 0.0909. The molecule has 0 fully saturated rings. The Kier molecular flexibility index (Phi) is 7.71. The first-order chi connectivity index (χ1) is 21.2. The average Bonchev–Trinajstić information content (AvgIpc) is 3.44. The zero-order valence-corrected chi connectivity index (χ0v) is 23.9. The molecule has 0 bridgehead atoms. The number of Topliss-reactive ketones (excluding diaryl/α,β-unsaturated/α-hetero) is 1. The van der Waals surface area contributed by atoms with E-state index < -0.39 is 27.2 Å². The number of fused-ring (bicyclic) bond motifs is 1. The van der Waals surface area contributed by atoms with Crippen LogP contribution in [-0.2, 0) is 23.0 Å². The minimum absolute atomic E-state index is 0.00398. The van der Waals surface area contributed by atoms with Crippen LogP contribution in [-0.4, -0.2) is 32.7 Å². The highest BCUT2D eigenvalue weighted by molar-refractivity contribution is 7.90. The van der Waals surface area contributed by atoms with Crippen LogP contribution >= 0.6 is 0 Å². The van der Waals surface area contributed by atoms with Gasteiger partial charge in [0.2, 0.25) is 0 Å². The number of aromatic nitrogens is 4. The molecule has 6 aromatic rings. The normalized spacial score (nSPS) is 11.6. The van der Waals surface area contributed by atoms with Crippen LogP contribution < -0.4 is 5.56 Å². The van der Waals surface area contributed by atoms with Crippen molar-refractivity contribution in [3.05, 3.63) is 148 Å². The van der Waals surface area contributed by atoms with Gasteiger partial charge in [0.25, 0.3) is 15.6 Å². The van der Waals surface area contributed by atoms with Gasteiger partial charge >= 0.3 is 0 Å². The fourth-order valence-electron chi connectivity index (χ4n) is 5.02. The van der Waals surface area contributed by atoms with E-state index in [2.05, 4.69) is 9.97 Å².